The second kappa shape index (κ2) is 5.11. The van der Waals surface area contributed by atoms with Crippen LogP contribution in [-0.4, -0.2) is 90.6 Å². The molecule has 0 aromatic rings. The summed E-state index contributed by atoms with van der Waals surface area (Å²) in [7, 11) is 3.57. The molecule has 0 spiro atoms. The van der Waals surface area contributed by atoms with Gasteiger partial charge in [0.05, 0.1) is 23.4 Å². The highest BCUT2D eigenvalue weighted by Crippen LogP contribution is 2.59. The molecule has 9 heteroatoms. The van der Waals surface area contributed by atoms with Gasteiger partial charge >= 0.3 is 6.09 Å². The van der Waals surface area contributed by atoms with E-state index >= 15 is 0 Å². The predicted octanol–water partition coefficient (Wildman–Crippen LogP) is -0.952. The number of nitrogens with two attached hydrogens (primary N) is 1. The number of carbonyl (C=O) groups excluding carboxylic acids is 3. The minimum absolute atomic E-state index is 0.0279. The second-order valence-corrected chi connectivity index (χ2v) is 7.81. The fourth-order valence-corrected chi connectivity index (χ4v) is 5.36. The highest BCUT2D eigenvalue weighted by molar-refractivity contribution is 6.25. The summed E-state index contributed by atoms with van der Waals surface area (Å²) in [6.45, 7) is 3.75. The quantitative estimate of drug-likeness (QED) is 0.496. The number of allylic oxidation sites excluding steroid dienone is 2. The molecule has 3 fully saturated rings. The summed E-state index contributed by atoms with van der Waals surface area (Å²) in [6.07, 6.45) is -0.909. The Morgan fingerprint density at radius 2 is 1.96 bits per heavy atom. The van der Waals surface area contributed by atoms with Crippen molar-refractivity contribution in [1.82, 2.24) is 14.7 Å². The molecule has 0 saturated carbocycles. The minimum Gasteiger partial charge on any atom is -0.449 e. The van der Waals surface area contributed by atoms with Gasteiger partial charge in [-0.2, -0.15) is 0 Å². The number of ether oxygens (including phenoxy) is 2. The molecular weight excluding hydrogens is 352 g/mol. The average Bonchev–Trinajstić information content (AvgIpc) is 3.49. The summed E-state index contributed by atoms with van der Waals surface area (Å²) in [6, 6.07) is 0.274. The van der Waals surface area contributed by atoms with Gasteiger partial charge in [0.25, 0.3) is 0 Å². The van der Waals surface area contributed by atoms with Crippen molar-refractivity contribution < 1.29 is 23.9 Å². The second-order valence-electron chi connectivity index (χ2n) is 7.81. The molecule has 144 valence electrons. The molecule has 0 aromatic heterocycles. The number of amides is 1. The van der Waals surface area contributed by atoms with Gasteiger partial charge in [0.2, 0.25) is 11.6 Å². The average molecular weight is 374 g/mol. The fourth-order valence-electron chi connectivity index (χ4n) is 5.36. The Labute approximate surface area is 156 Å². The zero-order valence-electron chi connectivity index (χ0n) is 15.5. The number of primary amides is 1. The van der Waals surface area contributed by atoms with E-state index in [2.05, 4.69) is 4.90 Å². The van der Waals surface area contributed by atoms with E-state index in [1.165, 1.54) is 0 Å². The summed E-state index contributed by atoms with van der Waals surface area (Å²) < 4.78 is 11.1. The lowest BCUT2D eigenvalue weighted by molar-refractivity contribution is -0.144. The molecule has 4 aliphatic heterocycles. The maximum Gasteiger partial charge on any atom is 0.404 e. The first-order valence-corrected chi connectivity index (χ1v) is 9.11. The molecule has 3 saturated heterocycles. The van der Waals surface area contributed by atoms with Gasteiger partial charge in [0.1, 0.15) is 6.61 Å². The van der Waals surface area contributed by atoms with Gasteiger partial charge in [-0.3, -0.25) is 14.5 Å². The topological polar surface area (TPSA) is 105 Å². The normalized spacial score (nSPS) is 38.9. The van der Waals surface area contributed by atoms with Crippen molar-refractivity contribution >= 4 is 17.7 Å². The molecule has 1 amide bonds. The zero-order chi connectivity index (χ0) is 19.2. The van der Waals surface area contributed by atoms with Crippen LogP contribution in [-0.2, 0) is 19.1 Å². The van der Waals surface area contributed by atoms with Crippen LogP contribution in [0.4, 0.5) is 4.79 Å². The minimum atomic E-state index is -0.909. The number of nitrogens with zero attached hydrogens (tertiary/aromatic N) is 3. The largest absolute Gasteiger partial charge is 0.449 e. The molecule has 5 rings (SSSR count). The van der Waals surface area contributed by atoms with Crippen LogP contribution in [0.1, 0.15) is 6.92 Å². The molecule has 2 N–H and O–H groups in total. The van der Waals surface area contributed by atoms with Crippen LogP contribution in [0.25, 0.3) is 0 Å². The van der Waals surface area contributed by atoms with Crippen molar-refractivity contribution in [3.05, 3.63) is 22.5 Å². The van der Waals surface area contributed by atoms with Crippen molar-refractivity contribution in [2.45, 2.75) is 24.7 Å². The Hall–Kier alpha value is -2.39. The van der Waals surface area contributed by atoms with Crippen LogP contribution in [0.2, 0.25) is 0 Å². The lowest BCUT2D eigenvalue weighted by Gasteiger charge is -2.40. The van der Waals surface area contributed by atoms with Gasteiger partial charge in [-0.25, -0.2) is 4.79 Å². The van der Waals surface area contributed by atoms with Gasteiger partial charge in [-0.05, 0) is 14.0 Å². The van der Waals surface area contributed by atoms with Gasteiger partial charge in [0.15, 0.2) is 5.72 Å². The number of hydrogen-bond donors (Lipinski definition) is 1. The van der Waals surface area contributed by atoms with Gasteiger partial charge in [-0.15, -0.1) is 0 Å². The number of carbonyl (C=O) groups is 3. The number of rotatable bonds is 4. The molecule has 4 heterocycles. The number of methoxy groups -OCH3 is 1. The van der Waals surface area contributed by atoms with Crippen molar-refractivity contribution in [1.29, 1.82) is 0 Å². The fraction of sp³-hybridized carbons (Fsp3) is 0.611. The van der Waals surface area contributed by atoms with E-state index in [0.717, 1.165) is 13.1 Å². The number of likely N-dealkylation sites (N-methyl/N-ethyl adjacent to an activating group) is 1. The molecule has 9 nitrogen and oxygen atoms in total. The van der Waals surface area contributed by atoms with E-state index in [4.69, 9.17) is 15.2 Å². The monoisotopic (exact) mass is 374 g/mol. The number of hydrogen-bond acceptors (Lipinski definition) is 8. The first-order valence-electron chi connectivity index (χ1n) is 9.11. The van der Waals surface area contributed by atoms with Gasteiger partial charge in [0, 0.05) is 43.9 Å². The Morgan fingerprint density at radius 1 is 1.26 bits per heavy atom. The third-order valence-corrected chi connectivity index (χ3v) is 6.68. The SMILES string of the molecule is CO[C@]12C3C(CN1C1=C(C(=O)C(N4CC4)=C(C)C1=O)[C@H]2COC(N)=O)N3C. The van der Waals surface area contributed by atoms with E-state index < -0.39 is 17.7 Å². The molecule has 5 aliphatic rings. The summed E-state index contributed by atoms with van der Waals surface area (Å²) in [5.41, 5.74) is 6.04. The van der Waals surface area contributed by atoms with Crippen LogP contribution in [0, 0.1) is 5.92 Å². The first kappa shape index (κ1) is 16.8. The Morgan fingerprint density at radius 3 is 2.56 bits per heavy atom. The standard InChI is InChI=1S/C18H22N4O5/c1-8-12(21-4-5-21)15(24)11-9(7-27-17(19)25)18(26-3)16-10(20(16)2)6-22(18)13(11)14(8)23/h9-10,16H,4-7H2,1-3H3,(H2,19,25)/t9-,10?,16?,18-,20?/m1/s1. The van der Waals surface area contributed by atoms with Crippen molar-refractivity contribution in [2.24, 2.45) is 11.7 Å². The Kier molecular flexibility index (Phi) is 3.17. The first-order chi connectivity index (χ1) is 12.8. The van der Waals surface area contributed by atoms with Crippen LogP contribution in [0.15, 0.2) is 22.5 Å². The van der Waals surface area contributed by atoms with E-state index in [9.17, 15) is 14.4 Å². The Balaban J connectivity index is 1.64. The van der Waals surface area contributed by atoms with E-state index in [1.807, 2.05) is 16.8 Å². The van der Waals surface area contributed by atoms with Crippen molar-refractivity contribution in [3.63, 3.8) is 0 Å². The number of fused-ring (bicyclic) bond motifs is 4. The van der Waals surface area contributed by atoms with E-state index in [0.29, 0.717) is 29.1 Å². The highest BCUT2D eigenvalue weighted by atomic mass is 16.6. The van der Waals surface area contributed by atoms with Gasteiger partial charge in [-0.1, -0.05) is 0 Å². The molecule has 27 heavy (non-hydrogen) atoms. The van der Waals surface area contributed by atoms with Crippen LogP contribution < -0.4 is 5.73 Å². The lowest BCUT2D eigenvalue weighted by Crippen LogP contribution is -2.55. The van der Waals surface area contributed by atoms with Crippen LogP contribution in [0.3, 0.4) is 0 Å². The van der Waals surface area contributed by atoms with E-state index in [1.54, 1.807) is 14.0 Å². The van der Waals surface area contributed by atoms with Gasteiger partial charge < -0.3 is 25.0 Å². The Bertz CT molecular complexity index is 860. The molecule has 0 radical (unpaired) electrons. The maximum absolute atomic E-state index is 13.4. The predicted molar refractivity (Wildman–Crippen MR) is 92.1 cm³/mol. The molecule has 3 unspecified atom stereocenters. The highest BCUT2D eigenvalue weighted by Gasteiger charge is 2.75. The number of Topliss-reactive ketones (excluding diaryl/α,β-unsaturated/α-hetero) is 2. The summed E-state index contributed by atoms with van der Waals surface area (Å²) >= 11 is 0. The van der Waals surface area contributed by atoms with Crippen molar-refractivity contribution in [3.8, 4) is 0 Å². The smallest absolute Gasteiger partial charge is 0.404 e. The summed E-state index contributed by atoms with van der Waals surface area (Å²) in [5.74, 6) is -0.869. The van der Waals surface area contributed by atoms with E-state index in [-0.39, 0.29) is 30.3 Å². The van der Waals surface area contributed by atoms with Crippen LogP contribution in [0.5, 0.6) is 0 Å². The molecule has 1 aliphatic carbocycles. The van der Waals surface area contributed by atoms with Crippen LogP contribution >= 0.6 is 0 Å². The number of ketones is 2. The number of piperazine rings is 1. The zero-order valence-corrected chi connectivity index (χ0v) is 15.5. The summed E-state index contributed by atoms with van der Waals surface area (Å²) in [4.78, 5) is 43.9. The molecule has 0 bridgehead atoms. The summed E-state index contributed by atoms with van der Waals surface area (Å²) in [5, 5.41) is 0. The lowest BCUT2D eigenvalue weighted by atomic mass is 9.82. The third kappa shape index (κ3) is 1.88. The molecular formula is C18H22N4O5. The molecule has 5 atom stereocenters. The third-order valence-electron chi connectivity index (χ3n) is 6.68. The van der Waals surface area contributed by atoms with Crippen molar-refractivity contribution in [2.75, 3.05) is 40.4 Å². The maximum atomic E-state index is 13.4. The molecule has 0 aromatic carbocycles.